The fraction of sp³-hybridized carbons (Fsp3) is 0.0667. The summed E-state index contributed by atoms with van der Waals surface area (Å²) in [5.41, 5.74) is 1.37. The van der Waals surface area contributed by atoms with Gasteiger partial charge in [-0.05, 0) is 12.1 Å². The number of hydrogen-bond acceptors (Lipinski definition) is 2. The number of amides is 1. The van der Waals surface area contributed by atoms with Gasteiger partial charge >= 0.3 is 6.18 Å². The molecule has 1 aromatic heterocycles. The number of nitrogens with zero attached hydrogens (tertiary/aromatic N) is 2. The standard InChI is InChI=1S/C15H9F3N3O.Y/c16-15(17,18)14-20-12-3-1-2-4-13(12)21(14)11-7-5-10(6-8-11)19-9-22;/h1-8H,(H,19,22);/q-1;. The van der Waals surface area contributed by atoms with Crippen LogP contribution in [0.4, 0.5) is 18.9 Å². The number of carbonyl (C=O) groups excluding carboxylic acids is 1. The summed E-state index contributed by atoms with van der Waals surface area (Å²) >= 11 is 0. The molecule has 1 heterocycles. The molecule has 1 radical (unpaired) electrons. The molecule has 0 saturated carbocycles. The second-order valence-corrected chi connectivity index (χ2v) is 4.53. The Labute approximate surface area is 154 Å². The van der Waals surface area contributed by atoms with Crippen molar-refractivity contribution < 1.29 is 50.7 Å². The Morgan fingerprint density at radius 3 is 2.30 bits per heavy atom. The van der Waals surface area contributed by atoms with Crippen LogP contribution in [0.2, 0.25) is 0 Å². The van der Waals surface area contributed by atoms with Crippen molar-refractivity contribution in [2.24, 2.45) is 0 Å². The topological polar surface area (TPSA) is 46.9 Å². The third-order valence-corrected chi connectivity index (χ3v) is 3.14. The number of imidazole rings is 1. The van der Waals surface area contributed by atoms with Crippen molar-refractivity contribution in [2.75, 3.05) is 5.32 Å². The van der Waals surface area contributed by atoms with Crippen LogP contribution in [-0.4, -0.2) is 16.0 Å². The zero-order valence-corrected chi connectivity index (χ0v) is 14.5. The van der Waals surface area contributed by atoms with Gasteiger partial charge in [-0.2, -0.15) is 13.2 Å². The van der Waals surface area contributed by atoms with E-state index in [1.54, 1.807) is 18.2 Å². The summed E-state index contributed by atoms with van der Waals surface area (Å²) in [6.45, 7) is 0. The van der Waals surface area contributed by atoms with Crippen molar-refractivity contribution in [3.8, 4) is 5.69 Å². The van der Waals surface area contributed by atoms with Gasteiger partial charge in [0.25, 0.3) is 0 Å². The van der Waals surface area contributed by atoms with Crippen LogP contribution in [0.15, 0.2) is 48.5 Å². The normalized spacial score (nSPS) is 11.1. The zero-order chi connectivity index (χ0) is 15.7. The molecule has 0 bridgehead atoms. The molecule has 0 fully saturated rings. The van der Waals surface area contributed by atoms with Crippen LogP contribution in [0.25, 0.3) is 16.7 Å². The number of para-hydroxylation sites is 2. The maximum absolute atomic E-state index is 13.2. The van der Waals surface area contributed by atoms with Gasteiger partial charge in [-0.15, -0.1) is 17.8 Å². The van der Waals surface area contributed by atoms with Gasteiger partial charge < -0.3 is 10.1 Å². The molecule has 0 unspecified atom stereocenters. The Bertz CT molecular complexity index is 828. The van der Waals surface area contributed by atoms with Crippen molar-refractivity contribution in [1.82, 2.24) is 9.55 Å². The van der Waals surface area contributed by atoms with Gasteiger partial charge in [0.05, 0.1) is 17.4 Å². The molecule has 3 rings (SSSR count). The second-order valence-electron chi connectivity index (χ2n) is 4.53. The number of fused-ring (bicyclic) bond motifs is 1. The van der Waals surface area contributed by atoms with Crippen LogP contribution in [0.5, 0.6) is 0 Å². The summed E-state index contributed by atoms with van der Waals surface area (Å²) in [4.78, 5) is 13.9. The average molecular weight is 393 g/mol. The average Bonchev–Trinajstić information content (AvgIpc) is 2.88. The van der Waals surface area contributed by atoms with Crippen LogP contribution in [-0.2, 0) is 43.7 Å². The van der Waals surface area contributed by atoms with E-state index in [0.717, 1.165) is 4.57 Å². The summed E-state index contributed by atoms with van der Waals surface area (Å²) in [6.07, 6.45) is -3.07. The van der Waals surface area contributed by atoms with Crippen molar-refractivity contribution in [1.29, 1.82) is 0 Å². The third-order valence-electron chi connectivity index (χ3n) is 3.14. The molecule has 0 aliphatic carbocycles. The molecule has 0 aliphatic heterocycles. The SMILES string of the molecule is O=[C-]Nc1ccc(-n2c(C(F)(F)F)nc3ccccc32)cc1.[Y]. The van der Waals surface area contributed by atoms with Crippen LogP contribution < -0.4 is 5.32 Å². The molecule has 115 valence electrons. The van der Waals surface area contributed by atoms with Crippen molar-refractivity contribution >= 4 is 23.1 Å². The minimum Gasteiger partial charge on any atom is -0.490 e. The largest absolute Gasteiger partial charge is 0.490 e. The molecular weight excluding hydrogens is 384 g/mol. The first kappa shape index (κ1) is 17.6. The smallest absolute Gasteiger partial charge is 0.450 e. The summed E-state index contributed by atoms with van der Waals surface area (Å²) in [7, 11) is 0. The van der Waals surface area contributed by atoms with Gasteiger partial charge in [-0.25, -0.2) is 4.98 Å². The minimum absolute atomic E-state index is 0. The van der Waals surface area contributed by atoms with Crippen molar-refractivity contribution in [3.05, 3.63) is 54.4 Å². The molecule has 23 heavy (non-hydrogen) atoms. The maximum atomic E-state index is 13.2. The van der Waals surface area contributed by atoms with E-state index in [9.17, 15) is 18.0 Å². The monoisotopic (exact) mass is 393 g/mol. The van der Waals surface area contributed by atoms with Crippen LogP contribution in [0.3, 0.4) is 0 Å². The van der Waals surface area contributed by atoms with Gasteiger partial charge in [0.15, 0.2) is 0 Å². The number of hydrogen-bond donors (Lipinski definition) is 1. The zero-order valence-electron chi connectivity index (χ0n) is 11.6. The fourth-order valence-electron chi connectivity index (χ4n) is 2.23. The number of halogens is 3. The third kappa shape index (κ3) is 3.45. The number of benzene rings is 2. The van der Waals surface area contributed by atoms with E-state index in [1.165, 1.54) is 36.7 Å². The predicted molar refractivity (Wildman–Crippen MR) is 75.4 cm³/mol. The van der Waals surface area contributed by atoms with E-state index in [0.29, 0.717) is 16.9 Å². The molecule has 1 N–H and O–H groups in total. The molecule has 4 nitrogen and oxygen atoms in total. The van der Waals surface area contributed by atoms with Crippen molar-refractivity contribution in [2.45, 2.75) is 6.18 Å². The second kappa shape index (κ2) is 6.80. The molecular formula is C15H9F3N3OY-. The van der Waals surface area contributed by atoms with E-state index < -0.39 is 12.0 Å². The Hall–Kier alpha value is -1.73. The maximum Gasteiger partial charge on any atom is 0.450 e. The van der Waals surface area contributed by atoms with E-state index in [4.69, 9.17) is 0 Å². The number of rotatable bonds is 3. The quantitative estimate of drug-likeness (QED) is 0.547. The minimum atomic E-state index is -4.58. The molecule has 0 aliphatic rings. The molecule has 3 aromatic rings. The first-order chi connectivity index (χ1) is 10.5. The Kier molecular flexibility index (Phi) is 5.21. The van der Waals surface area contributed by atoms with Gasteiger partial charge in [-0.1, -0.05) is 24.3 Å². The number of aromatic nitrogens is 2. The molecule has 8 heteroatoms. The van der Waals surface area contributed by atoms with Gasteiger partial charge in [0, 0.05) is 38.4 Å². The number of anilines is 1. The summed E-state index contributed by atoms with van der Waals surface area (Å²) in [5.74, 6) is -0.989. The Morgan fingerprint density at radius 1 is 1.04 bits per heavy atom. The first-order valence-electron chi connectivity index (χ1n) is 6.29. The Balaban J connectivity index is 0.00000192. The van der Waals surface area contributed by atoms with Crippen LogP contribution in [0, 0.1) is 0 Å². The van der Waals surface area contributed by atoms with E-state index in [-0.39, 0.29) is 38.2 Å². The fourth-order valence-corrected chi connectivity index (χ4v) is 2.23. The van der Waals surface area contributed by atoms with E-state index >= 15 is 0 Å². The van der Waals surface area contributed by atoms with E-state index in [2.05, 4.69) is 10.3 Å². The van der Waals surface area contributed by atoms with Gasteiger partial charge in [0.2, 0.25) is 5.82 Å². The first-order valence-corrected chi connectivity index (χ1v) is 6.29. The van der Waals surface area contributed by atoms with Crippen LogP contribution >= 0.6 is 0 Å². The summed E-state index contributed by atoms with van der Waals surface area (Å²) in [6, 6.07) is 12.3. The van der Waals surface area contributed by atoms with E-state index in [1.807, 2.05) is 0 Å². The molecule has 0 saturated heterocycles. The molecule has 0 atom stereocenters. The predicted octanol–water partition coefficient (Wildman–Crippen LogP) is 3.52. The molecule has 2 aromatic carbocycles. The number of nitrogens with one attached hydrogen (secondary N) is 1. The summed E-state index contributed by atoms with van der Waals surface area (Å²) in [5, 5.41) is 2.31. The molecule has 0 spiro atoms. The number of alkyl halides is 3. The van der Waals surface area contributed by atoms with Crippen molar-refractivity contribution in [3.63, 3.8) is 0 Å². The van der Waals surface area contributed by atoms with Gasteiger partial charge in [-0.3, -0.25) is 4.57 Å². The summed E-state index contributed by atoms with van der Waals surface area (Å²) < 4.78 is 40.7. The van der Waals surface area contributed by atoms with Crippen LogP contribution in [0.1, 0.15) is 5.82 Å². The molecule has 1 amide bonds. The Morgan fingerprint density at radius 2 is 1.70 bits per heavy atom. The van der Waals surface area contributed by atoms with Gasteiger partial charge in [0.1, 0.15) is 0 Å².